The van der Waals surface area contributed by atoms with E-state index in [9.17, 15) is 37.9 Å². The van der Waals surface area contributed by atoms with Gasteiger partial charge in [-0.25, -0.2) is 0 Å². The van der Waals surface area contributed by atoms with E-state index in [-0.39, 0.29) is 19.4 Å². The molecule has 6 atom stereocenters. The standard InChI is InChI=1S/C51H90O12S/c1-3-5-7-9-11-13-15-17-19-21-22-24-26-28-30-32-34-36-38-40-47(53)62-44(42-61-51-50(56)49(55)48(54)45(63-51)43-64(57,58)59)41-60-46(52)39-37-35-33-31-29-27-25-23-20-18-16-14-12-10-8-6-4-2/h11,13,17-20,22,24,44-45,48-51,54-56H,3-10,12,14-16,21,23,25-43H2,1-2H3,(H,57,58,59)/b13-11-,19-17-,20-18-,24-22-. The second kappa shape index (κ2) is 40.8. The first-order valence-corrected chi connectivity index (χ1v) is 26.8. The number of unbranched alkanes of at least 4 members (excludes halogenated alkanes) is 22. The van der Waals surface area contributed by atoms with Crippen molar-refractivity contribution in [3.8, 4) is 0 Å². The minimum absolute atomic E-state index is 0.148. The van der Waals surface area contributed by atoms with Crippen LogP contribution in [0.3, 0.4) is 0 Å². The Morgan fingerprint density at radius 2 is 0.938 bits per heavy atom. The van der Waals surface area contributed by atoms with Crippen molar-refractivity contribution < 1.29 is 56.8 Å². The fourth-order valence-corrected chi connectivity index (χ4v) is 8.13. The molecular formula is C51H90O12S. The van der Waals surface area contributed by atoms with E-state index in [0.717, 1.165) is 77.0 Å². The molecule has 1 fully saturated rings. The van der Waals surface area contributed by atoms with Gasteiger partial charge in [-0.2, -0.15) is 8.42 Å². The summed E-state index contributed by atoms with van der Waals surface area (Å²) < 4.78 is 54.2. The summed E-state index contributed by atoms with van der Waals surface area (Å²) in [4.78, 5) is 25.5. The number of aliphatic hydroxyl groups excluding tert-OH is 3. The highest BCUT2D eigenvalue weighted by Crippen LogP contribution is 2.24. The summed E-state index contributed by atoms with van der Waals surface area (Å²) in [5, 5.41) is 31.0. The van der Waals surface area contributed by atoms with Crippen molar-refractivity contribution in [2.45, 2.75) is 243 Å². The van der Waals surface area contributed by atoms with Crippen LogP contribution in [-0.2, 0) is 38.7 Å². The molecule has 0 aromatic carbocycles. The molecular weight excluding hydrogens is 837 g/mol. The molecule has 4 N–H and O–H groups in total. The van der Waals surface area contributed by atoms with E-state index in [4.69, 9.17) is 18.9 Å². The average molecular weight is 927 g/mol. The van der Waals surface area contributed by atoms with E-state index in [1.165, 1.54) is 89.9 Å². The van der Waals surface area contributed by atoms with Gasteiger partial charge in [-0.3, -0.25) is 14.1 Å². The van der Waals surface area contributed by atoms with Gasteiger partial charge in [0.1, 0.15) is 36.8 Å². The van der Waals surface area contributed by atoms with Crippen LogP contribution in [-0.4, -0.2) is 96.0 Å². The summed E-state index contributed by atoms with van der Waals surface area (Å²) in [5.74, 6) is -2.00. The first-order chi connectivity index (χ1) is 31.0. The van der Waals surface area contributed by atoms with Gasteiger partial charge in [0.05, 0.1) is 6.61 Å². The van der Waals surface area contributed by atoms with Gasteiger partial charge in [0.15, 0.2) is 12.4 Å². The van der Waals surface area contributed by atoms with Gasteiger partial charge in [-0.15, -0.1) is 0 Å². The average Bonchev–Trinajstić information content (AvgIpc) is 3.26. The van der Waals surface area contributed by atoms with Crippen LogP contribution < -0.4 is 0 Å². The number of rotatable bonds is 42. The van der Waals surface area contributed by atoms with E-state index in [0.29, 0.717) is 12.8 Å². The number of hydrogen-bond donors (Lipinski definition) is 4. The van der Waals surface area contributed by atoms with E-state index in [1.807, 2.05) is 0 Å². The minimum atomic E-state index is -4.61. The van der Waals surface area contributed by atoms with Gasteiger partial charge < -0.3 is 34.3 Å². The van der Waals surface area contributed by atoms with Gasteiger partial charge in [-0.1, -0.05) is 165 Å². The minimum Gasteiger partial charge on any atom is -0.462 e. The van der Waals surface area contributed by atoms with Crippen molar-refractivity contribution in [1.29, 1.82) is 0 Å². The molecule has 0 saturated carbocycles. The molecule has 1 heterocycles. The van der Waals surface area contributed by atoms with Crippen LogP contribution >= 0.6 is 0 Å². The highest BCUT2D eigenvalue weighted by Gasteiger charge is 2.46. The molecule has 1 rings (SSSR count). The Morgan fingerprint density at radius 1 is 0.531 bits per heavy atom. The molecule has 64 heavy (non-hydrogen) atoms. The van der Waals surface area contributed by atoms with Crippen LogP contribution in [0.5, 0.6) is 0 Å². The van der Waals surface area contributed by atoms with Gasteiger partial charge in [0.2, 0.25) is 0 Å². The number of allylic oxidation sites excluding steroid dienone is 8. The van der Waals surface area contributed by atoms with E-state index in [1.54, 1.807) is 0 Å². The SMILES string of the molecule is CCCCC/C=C\C/C=C\C/C=C\CCCCCCCCC(=O)OC(COC(=O)CCCCCCCCC/C=C\CCCCCCCC)COC1OC(CS(=O)(=O)O)C(O)C(O)C1O. The number of ether oxygens (including phenoxy) is 4. The zero-order valence-corrected chi connectivity index (χ0v) is 40.7. The maximum Gasteiger partial charge on any atom is 0.306 e. The Bertz CT molecular complexity index is 1360. The Morgan fingerprint density at radius 3 is 1.44 bits per heavy atom. The van der Waals surface area contributed by atoms with Crippen molar-refractivity contribution in [2.75, 3.05) is 19.0 Å². The maximum atomic E-state index is 12.9. The molecule has 0 aliphatic carbocycles. The van der Waals surface area contributed by atoms with Crippen LogP contribution in [0, 0.1) is 0 Å². The maximum absolute atomic E-state index is 12.9. The Balaban J connectivity index is 2.41. The lowest BCUT2D eigenvalue weighted by atomic mass is 10.00. The molecule has 13 heteroatoms. The van der Waals surface area contributed by atoms with Gasteiger partial charge >= 0.3 is 11.9 Å². The second-order valence-corrected chi connectivity index (χ2v) is 19.0. The van der Waals surface area contributed by atoms with Crippen LogP contribution in [0.4, 0.5) is 0 Å². The highest BCUT2D eigenvalue weighted by molar-refractivity contribution is 7.85. The molecule has 0 amide bonds. The summed E-state index contributed by atoms with van der Waals surface area (Å²) in [5.41, 5.74) is 0. The summed E-state index contributed by atoms with van der Waals surface area (Å²) in [6.45, 7) is 3.73. The third-order valence-corrected chi connectivity index (χ3v) is 12.1. The van der Waals surface area contributed by atoms with Crippen molar-refractivity contribution >= 4 is 22.1 Å². The van der Waals surface area contributed by atoms with Crippen LogP contribution in [0.1, 0.15) is 206 Å². The third kappa shape index (κ3) is 34.9. The first-order valence-electron chi connectivity index (χ1n) is 25.2. The molecule has 1 saturated heterocycles. The van der Waals surface area contributed by atoms with Crippen LogP contribution in [0.15, 0.2) is 48.6 Å². The number of carbonyl (C=O) groups excluding carboxylic acids is 2. The molecule has 12 nitrogen and oxygen atoms in total. The summed E-state index contributed by atoms with van der Waals surface area (Å²) in [6.07, 6.45) is 40.0. The predicted molar refractivity (Wildman–Crippen MR) is 256 cm³/mol. The molecule has 0 bridgehead atoms. The molecule has 0 aromatic heterocycles. The lowest BCUT2D eigenvalue weighted by molar-refractivity contribution is -0.297. The molecule has 0 spiro atoms. The van der Waals surface area contributed by atoms with Gasteiger partial charge in [-0.05, 0) is 77.0 Å². The van der Waals surface area contributed by atoms with Crippen molar-refractivity contribution in [3.63, 3.8) is 0 Å². The lowest BCUT2D eigenvalue weighted by Gasteiger charge is -2.40. The Hall–Kier alpha value is -2.39. The molecule has 372 valence electrons. The first kappa shape index (κ1) is 59.6. The molecule has 6 unspecified atom stereocenters. The third-order valence-electron chi connectivity index (χ3n) is 11.4. The van der Waals surface area contributed by atoms with E-state index >= 15 is 0 Å². The molecule has 0 radical (unpaired) electrons. The summed E-state index contributed by atoms with van der Waals surface area (Å²) >= 11 is 0. The number of aliphatic hydroxyl groups is 3. The van der Waals surface area contributed by atoms with E-state index < -0.39 is 71.2 Å². The number of carbonyl (C=O) groups is 2. The topological polar surface area (TPSA) is 186 Å². The van der Waals surface area contributed by atoms with Crippen molar-refractivity contribution in [2.24, 2.45) is 0 Å². The molecule has 1 aliphatic rings. The van der Waals surface area contributed by atoms with Crippen LogP contribution in [0.25, 0.3) is 0 Å². The molecule has 0 aromatic rings. The zero-order chi connectivity index (χ0) is 46.9. The van der Waals surface area contributed by atoms with Crippen molar-refractivity contribution in [3.05, 3.63) is 48.6 Å². The van der Waals surface area contributed by atoms with Crippen molar-refractivity contribution in [1.82, 2.24) is 0 Å². The fourth-order valence-electron chi connectivity index (χ4n) is 7.44. The Kier molecular flexibility index (Phi) is 38.1. The van der Waals surface area contributed by atoms with Gasteiger partial charge in [0, 0.05) is 12.8 Å². The highest BCUT2D eigenvalue weighted by atomic mass is 32.2. The van der Waals surface area contributed by atoms with Gasteiger partial charge in [0.25, 0.3) is 10.1 Å². The lowest BCUT2D eigenvalue weighted by Crippen LogP contribution is -2.60. The fraction of sp³-hybridized carbons (Fsp3) is 0.804. The Labute approximate surface area is 388 Å². The largest absolute Gasteiger partial charge is 0.462 e. The number of hydrogen-bond acceptors (Lipinski definition) is 11. The quantitative estimate of drug-likeness (QED) is 0.0197. The second-order valence-electron chi connectivity index (χ2n) is 17.5. The van der Waals surface area contributed by atoms with Crippen LogP contribution in [0.2, 0.25) is 0 Å². The normalized spacial score (nSPS) is 20.0. The zero-order valence-electron chi connectivity index (χ0n) is 39.9. The summed E-state index contributed by atoms with van der Waals surface area (Å²) in [7, 11) is -4.61. The molecule has 1 aliphatic heterocycles. The monoisotopic (exact) mass is 927 g/mol. The van der Waals surface area contributed by atoms with E-state index in [2.05, 4.69) is 62.5 Å². The number of esters is 2. The smallest absolute Gasteiger partial charge is 0.306 e. The summed E-state index contributed by atoms with van der Waals surface area (Å²) in [6, 6.07) is 0. The predicted octanol–water partition coefficient (Wildman–Crippen LogP) is 11.1.